The van der Waals surface area contributed by atoms with Crippen LogP contribution in [0.4, 0.5) is 0 Å². The van der Waals surface area contributed by atoms with E-state index in [9.17, 15) is 24.3 Å². The maximum absolute atomic E-state index is 14.5. The number of carbonyl (C=O) groups excluding carboxylic acids is 4. The van der Waals surface area contributed by atoms with Gasteiger partial charge in [-0.1, -0.05) is 39.8 Å². The van der Waals surface area contributed by atoms with Crippen molar-refractivity contribution in [3.05, 3.63) is 71.5 Å². The summed E-state index contributed by atoms with van der Waals surface area (Å²) in [5.41, 5.74) is 15.5. The van der Waals surface area contributed by atoms with E-state index in [1.165, 1.54) is 9.91 Å². The number of nitrogens with zero attached hydrogens (tertiary/aromatic N) is 4. The highest BCUT2D eigenvalue weighted by molar-refractivity contribution is 5.96. The Hall–Kier alpha value is -5.31. The summed E-state index contributed by atoms with van der Waals surface area (Å²) in [6, 6.07) is 10.6. The van der Waals surface area contributed by atoms with E-state index in [0.29, 0.717) is 44.5 Å². The molecule has 316 valence electrons. The molecule has 3 amide bonds. The fourth-order valence-electron chi connectivity index (χ4n) is 8.57. The minimum absolute atomic E-state index is 0.00310. The van der Waals surface area contributed by atoms with Gasteiger partial charge in [-0.05, 0) is 90.3 Å². The van der Waals surface area contributed by atoms with Crippen molar-refractivity contribution in [3.8, 4) is 28.1 Å². The molecule has 59 heavy (non-hydrogen) atoms. The molecule has 5 N–H and O–H groups in total. The zero-order valence-electron chi connectivity index (χ0n) is 35.3. The van der Waals surface area contributed by atoms with Gasteiger partial charge in [0.15, 0.2) is 0 Å². The van der Waals surface area contributed by atoms with Crippen molar-refractivity contribution >= 4 is 34.6 Å². The first-order valence-corrected chi connectivity index (χ1v) is 20.6. The van der Waals surface area contributed by atoms with Crippen LogP contribution in [0.15, 0.2) is 54.9 Å². The van der Waals surface area contributed by atoms with Gasteiger partial charge in [0.1, 0.15) is 23.9 Å². The summed E-state index contributed by atoms with van der Waals surface area (Å²) in [5.74, 6) is -1.99. The second-order valence-electron chi connectivity index (χ2n) is 16.9. The van der Waals surface area contributed by atoms with Crippen LogP contribution in [-0.4, -0.2) is 100 Å². The molecule has 0 saturated carbocycles. The first-order chi connectivity index (χ1) is 28.2. The van der Waals surface area contributed by atoms with Gasteiger partial charge in [0.2, 0.25) is 11.8 Å². The fraction of sp³-hybridized carbons (Fsp3) is 0.489. The number of esters is 1. The van der Waals surface area contributed by atoms with Crippen LogP contribution < -0.4 is 16.5 Å². The highest BCUT2D eigenvalue weighted by Gasteiger charge is 2.37. The number of rotatable bonds is 10. The lowest BCUT2D eigenvalue weighted by atomic mass is 9.84. The molecule has 0 radical (unpaired) electrons. The number of aromatic hydroxyl groups is 1. The Bertz CT molecular complexity index is 2200. The molecule has 4 heterocycles. The third kappa shape index (κ3) is 9.45. The molecule has 3 atom stereocenters. The number of pyridine rings is 1. The molecule has 6 rings (SSSR count). The van der Waals surface area contributed by atoms with E-state index in [0.717, 1.165) is 44.4 Å². The Morgan fingerprint density at radius 1 is 1.15 bits per heavy atom. The van der Waals surface area contributed by atoms with Crippen molar-refractivity contribution in [2.45, 2.75) is 98.0 Å². The largest absolute Gasteiger partial charge is 0.508 e. The number of hydrazine groups is 1. The number of cyclic esters (lactones) is 1. The smallest absolute Gasteiger partial charge is 0.324 e. The molecule has 14 nitrogen and oxygen atoms in total. The van der Waals surface area contributed by atoms with Crippen LogP contribution >= 0.6 is 0 Å². The number of methoxy groups -OCH3 is 1. The number of aryl methyl sites for hydroxylation is 1. The van der Waals surface area contributed by atoms with Crippen LogP contribution in [0, 0.1) is 11.3 Å². The van der Waals surface area contributed by atoms with Crippen molar-refractivity contribution < 1.29 is 33.8 Å². The van der Waals surface area contributed by atoms with Gasteiger partial charge in [-0.2, -0.15) is 0 Å². The lowest BCUT2D eigenvalue weighted by molar-refractivity contribution is -0.155. The monoisotopic (exact) mass is 809 g/mol. The number of nitrogens with one attached hydrogen (secondary N) is 2. The van der Waals surface area contributed by atoms with Crippen LogP contribution in [-0.2, 0) is 54.6 Å². The van der Waals surface area contributed by atoms with Gasteiger partial charge in [-0.3, -0.25) is 29.2 Å². The summed E-state index contributed by atoms with van der Waals surface area (Å²) < 4.78 is 14.0. The molecule has 6 bridgehead atoms. The minimum Gasteiger partial charge on any atom is -0.508 e. The predicted molar refractivity (Wildman–Crippen MR) is 226 cm³/mol. The van der Waals surface area contributed by atoms with Crippen LogP contribution in [0.2, 0.25) is 0 Å². The average Bonchev–Trinajstić information content (AvgIpc) is 3.50. The van der Waals surface area contributed by atoms with E-state index in [4.69, 9.17) is 15.2 Å². The van der Waals surface area contributed by atoms with Gasteiger partial charge >= 0.3 is 5.97 Å². The normalized spacial score (nSPS) is 19.0. The quantitative estimate of drug-likeness (QED) is 0.164. The molecule has 2 aromatic carbocycles. The second-order valence-corrected chi connectivity index (χ2v) is 16.9. The van der Waals surface area contributed by atoms with Crippen molar-refractivity contribution in [1.29, 1.82) is 0 Å². The van der Waals surface area contributed by atoms with Crippen molar-refractivity contribution in [2.75, 3.05) is 33.9 Å². The predicted octanol–water partition coefficient (Wildman–Crippen LogP) is 4.72. The molecule has 1 fully saturated rings. The Morgan fingerprint density at radius 3 is 2.64 bits per heavy atom. The number of carbonyl (C=O) groups is 4. The van der Waals surface area contributed by atoms with Gasteiger partial charge in [0, 0.05) is 80.9 Å². The summed E-state index contributed by atoms with van der Waals surface area (Å²) >= 11 is 0. The number of nitrogens with two attached hydrogens (primary N) is 1. The molecule has 0 aliphatic carbocycles. The molecule has 1 saturated heterocycles. The number of hydrogen-bond acceptors (Lipinski definition) is 10. The SMILES string of the molecule is CCn1c(-c2cnccc2COC)c2c3cc(ccc31)-c1cc(O)cc(c1)C[C@H](NC(=O)[C@H](C(C)C)N(C)C(=O)CCN)C(=O)N1CCC[C@H](N1)C(=O)OCC(C)(C)C2. The van der Waals surface area contributed by atoms with Crippen molar-refractivity contribution in [2.24, 2.45) is 17.1 Å². The van der Waals surface area contributed by atoms with Crippen LogP contribution in [0.25, 0.3) is 33.3 Å². The molecule has 0 spiro atoms. The van der Waals surface area contributed by atoms with Gasteiger partial charge in [0.05, 0.1) is 18.9 Å². The average molecular weight is 810 g/mol. The maximum Gasteiger partial charge on any atom is 0.324 e. The van der Waals surface area contributed by atoms with E-state index >= 15 is 0 Å². The summed E-state index contributed by atoms with van der Waals surface area (Å²) in [7, 11) is 3.24. The Balaban J connectivity index is 1.50. The van der Waals surface area contributed by atoms with E-state index in [1.54, 1.807) is 32.5 Å². The van der Waals surface area contributed by atoms with E-state index in [1.807, 2.05) is 38.2 Å². The van der Waals surface area contributed by atoms with Crippen molar-refractivity contribution in [3.63, 3.8) is 0 Å². The maximum atomic E-state index is 14.5. The molecular weight excluding hydrogens is 751 g/mol. The number of ether oxygens (including phenoxy) is 2. The third-order valence-electron chi connectivity index (χ3n) is 11.4. The van der Waals surface area contributed by atoms with Gasteiger partial charge in [-0.15, -0.1) is 0 Å². The topological polar surface area (TPSA) is 181 Å². The third-order valence-corrected chi connectivity index (χ3v) is 11.4. The molecule has 2 aliphatic heterocycles. The number of likely N-dealkylation sites (N-methyl/N-ethyl adjacent to an activating group) is 1. The Labute approximate surface area is 346 Å². The summed E-state index contributed by atoms with van der Waals surface area (Å²) in [6.07, 6.45) is 5.28. The highest BCUT2D eigenvalue weighted by atomic mass is 16.5. The minimum atomic E-state index is -1.12. The van der Waals surface area contributed by atoms with Gasteiger partial charge in [0.25, 0.3) is 5.91 Å². The molecule has 4 aromatic rings. The molecule has 2 aliphatic rings. The van der Waals surface area contributed by atoms with E-state index in [2.05, 4.69) is 53.2 Å². The number of amides is 3. The Kier molecular flexibility index (Phi) is 13.4. The Morgan fingerprint density at radius 2 is 1.93 bits per heavy atom. The molecular formula is C45H59N7O7. The van der Waals surface area contributed by atoms with Gasteiger partial charge in [-0.25, -0.2) is 5.43 Å². The van der Waals surface area contributed by atoms with Crippen LogP contribution in [0.3, 0.4) is 0 Å². The highest BCUT2D eigenvalue weighted by Crippen LogP contribution is 2.41. The van der Waals surface area contributed by atoms with E-state index < -0.39 is 41.3 Å². The lowest BCUT2D eigenvalue weighted by Crippen LogP contribution is -2.62. The van der Waals surface area contributed by atoms with Gasteiger partial charge < -0.3 is 35.1 Å². The standard InChI is InChI=1S/C45H59N7O7/c1-8-51-38-12-11-29-22-33(38)34(41(51)35-24-47-16-14-30(35)25-58-7)23-45(4,5)26-59-44(57)36-10-9-17-52(49-36)43(56)37(20-28-18-31(29)21-32(53)19-28)48-42(55)40(27(2)3)50(6)39(54)13-15-46/h11-12,14,16,18-19,21-22,24,27,36-37,40,49,53H,8-10,13,15,17,20,23,25-26,46H2,1-7H3,(H,48,55)/t36-,37-,40-/m0/s1. The summed E-state index contributed by atoms with van der Waals surface area (Å²) in [6.45, 7) is 11.6. The summed E-state index contributed by atoms with van der Waals surface area (Å²) in [5, 5.41) is 16.6. The number of hydrogen-bond donors (Lipinski definition) is 4. The number of phenolic OH excluding ortho intramolecular Hbond substituents is 1. The van der Waals surface area contributed by atoms with Crippen LogP contribution in [0.5, 0.6) is 5.75 Å². The zero-order valence-corrected chi connectivity index (χ0v) is 35.3. The lowest BCUT2D eigenvalue weighted by Gasteiger charge is -2.36. The number of fused-ring (bicyclic) bond motifs is 6. The molecule has 14 heteroatoms. The second kappa shape index (κ2) is 18.3. The fourth-order valence-corrected chi connectivity index (χ4v) is 8.57. The molecule has 0 unspecified atom stereocenters. The number of aromatic nitrogens is 2. The molecule has 2 aromatic heterocycles. The number of phenols is 1. The zero-order chi connectivity index (χ0) is 42.6. The first kappa shape index (κ1) is 43.3. The number of benzene rings is 2. The van der Waals surface area contributed by atoms with Crippen LogP contribution in [0.1, 0.15) is 70.6 Å². The van der Waals surface area contributed by atoms with Crippen molar-refractivity contribution in [1.82, 2.24) is 30.2 Å². The van der Waals surface area contributed by atoms with E-state index in [-0.39, 0.29) is 43.6 Å². The summed E-state index contributed by atoms with van der Waals surface area (Å²) in [4.78, 5) is 61.2. The first-order valence-electron chi connectivity index (χ1n) is 20.6.